The van der Waals surface area contributed by atoms with Crippen molar-refractivity contribution in [2.24, 2.45) is 5.92 Å². The number of pyridine rings is 1. The summed E-state index contributed by atoms with van der Waals surface area (Å²) in [6.07, 6.45) is 5.62. The summed E-state index contributed by atoms with van der Waals surface area (Å²) in [5, 5.41) is 12.5. The molecular formula is C29H32F2N8O2. The Kier molecular flexibility index (Phi) is 7.02. The fourth-order valence-corrected chi connectivity index (χ4v) is 6.31. The number of fused-ring (bicyclic) bond motifs is 2. The molecule has 214 valence electrons. The smallest absolute Gasteiger partial charge is 0.407 e. The lowest BCUT2D eigenvalue weighted by atomic mass is 9.92. The standard InChI is InChI=1S/C29H32F2N8O2/c1-16(2)39-17(3)35-27-22(30)7-20(8-24(27)39)21-9-26(32-12-23(21)31)36-28-33-10-18(11-34-28)13-37-14-19-5-4-6-38(29(40)41)25(19)15-37/h7-12,16,19,25H,4-6,13-15H2,1-3H3,(H,40,41)(H,32,33,34,36). The third-order valence-corrected chi connectivity index (χ3v) is 8.06. The van der Waals surface area contributed by atoms with Crippen LogP contribution in [-0.4, -0.2) is 71.2 Å². The quantitative estimate of drug-likeness (QED) is 0.323. The number of likely N-dealkylation sites (tertiary alicyclic amines) is 2. The Morgan fingerprint density at radius 3 is 2.61 bits per heavy atom. The van der Waals surface area contributed by atoms with Crippen molar-refractivity contribution in [3.63, 3.8) is 0 Å². The van der Waals surface area contributed by atoms with Gasteiger partial charge in [0, 0.05) is 55.7 Å². The SMILES string of the molecule is Cc1nc2c(F)cc(-c3cc(Nc4ncc(CN5CC6CCCN(C(=O)O)C6C5)cn4)ncc3F)cc2n1C(C)C. The first-order valence-corrected chi connectivity index (χ1v) is 13.8. The molecule has 10 nitrogen and oxygen atoms in total. The molecule has 2 atom stereocenters. The summed E-state index contributed by atoms with van der Waals surface area (Å²) in [5.41, 5.74) is 2.34. The number of aromatic nitrogens is 5. The second-order valence-electron chi connectivity index (χ2n) is 11.2. The van der Waals surface area contributed by atoms with Crippen molar-refractivity contribution < 1.29 is 18.7 Å². The molecule has 1 aromatic carbocycles. The molecule has 2 saturated heterocycles. The minimum Gasteiger partial charge on any atom is -0.465 e. The van der Waals surface area contributed by atoms with Gasteiger partial charge in [-0.25, -0.2) is 33.5 Å². The van der Waals surface area contributed by atoms with Crippen molar-refractivity contribution in [1.82, 2.24) is 34.3 Å². The monoisotopic (exact) mass is 562 g/mol. The van der Waals surface area contributed by atoms with E-state index in [4.69, 9.17) is 0 Å². The fraction of sp³-hybridized carbons (Fsp3) is 0.414. The summed E-state index contributed by atoms with van der Waals surface area (Å²) in [5.74, 6) is 0.559. The molecule has 0 bridgehead atoms. The number of piperidine rings is 1. The van der Waals surface area contributed by atoms with Crippen LogP contribution in [0.1, 0.15) is 44.1 Å². The Bertz CT molecular complexity index is 1610. The van der Waals surface area contributed by atoms with Crippen LogP contribution < -0.4 is 5.32 Å². The number of nitrogens with zero attached hydrogens (tertiary/aromatic N) is 7. The van der Waals surface area contributed by atoms with E-state index in [9.17, 15) is 14.3 Å². The first kappa shape index (κ1) is 27.0. The summed E-state index contributed by atoms with van der Waals surface area (Å²) >= 11 is 0. The van der Waals surface area contributed by atoms with Crippen LogP contribution in [0.2, 0.25) is 0 Å². The highest BCUT2D eigenvalue weighted by Gasteiger charge is 2.40. The van der Waals surface area contributed by atoms with E-state index in [1.165, 1.54) is 12.1 Å². The maximum absolute atomic E-state index is 15.0. The number of anilines is 2. The molecule has 0 aliphatic carbocycles. The molecule has 3 aromatic heterocycles. The van der Waals surface area contributed by atoms with E-state index < -0.39 is 17.7 Å². The van der Waals surface area contributed by atoms with E-state index in [0.717, 1.165) is 31.1 Å². The van der Waals surface area contributed by atoms with Crippen LogP contribution in [0.25, 0.3) is 22.2 Å². The topological polar surface area (TPSA) is 112 Å². The number of carbonyl (C=O) groups is 1. The van der Waals surface area contributed by atoms with Crippen LogP contribution in [0.15, 0.2) is 36.8 Å². The lowest BCUT2D eigenvalue weighted by molar-refractivity contribution is 0.0954. The number of hydrogen-bond acceptors (Lipinski definition) is 7. The number of carboxylic acid groups (broad SMARTS) is 1. The van der Waals surface area contributed by atoms with Crippen molar-refractivity contribution in [2.45, 2.75) is 52.2 Å². The van der Waals surface area contributed by atoms with Crippen LogP contribution in [0.3, 0.4) is 0 Å². The van der Waals surface area contributed by atoms with Gasteiger partial charge in [0.15, 0.2) is 5.82 Å². The zero-order valence-electron chi connectivity index (χ0n) is 23.2. The Morgan fingerprint density at radius 2 is 1.88 bits per heavy atom. The molecule has 0 radical (unpaired) electrons. The molecule has 12 heteroatoms. The lowest BCUT2D eigenvalue weighted by Crippen LogP contribution is -2.47. The average molecular weight is 563 g/mol. The van der Waals surface area contributed by atoms with Gasteiger partial charge in [0.1, 0.15) is 23.0 Å². The first-order chi connectivity index (χ1) is 19.7. The molecule has 1 amide bonds. The van der Waals surface area contributed by atoms with Gasteiger partial charge in [0.05, 0.1) is 17.8 Å². The normalized spacial score (nSPS) is 19.2. The number of amides is 1. The minimum absolute atomic E-state index is 0.0333. The third-order valence-electron chi connectivity index (χ3n) is 8.06. The van der Waals surface area contributed by atoms with Gasteiger partial charge in [-0.05, 0) is 63.3 Å². The summed E-state index contributed by atoms with van der Waals surface area (Å²) in [6.45, 7) is 8.57. The maximum atomic E-state index is 15.0. The van der Waals surface area contributed by atoms with Crippen LogP contribution in [-0.2, 0) is 6.54 Å². The van der Waals surface area contributed by atoms with Crippen LogP contribution in [0.5, 0.6) is 0 Å². The highest BCUT2D eigenvalue weighted by Crippen LogP contribution is 2.33. The van der Waals surface area contributed by atoms with E-state index in [0.29, 0.717) is 54.2 Å². The van der Waals surface area contributed by atoms with E-state index in [1.54, 1.807) is 23.4 Å². The Morgan fingerprint density at radius 1 is 1.10 bits per heavy atom. The number of rotatable bonds is 6. The number of aryl methyl sites for hydroxylation is 1. The van der Waals surface area contributed by atoms with Crippen molar-refractivity contribution in [1.29, 1.82) is 0 Å². The maximum Gasteiger partial charge on any atom is 0.407 e. The summed E-state index contributed by atoms with van der Waals surface area (Å²) in [4.78, 5) is 32.7. The van der Waals surface area contributed by atoms with Crippen LogP contribution >= 0.6 is 0 Å². The summed E-state index contributed by atoms with van der Waals surface area (Å²) in [7, 11) is 0. The van der Waals surface area contributed by atoms with Crippen LogP contribution in [0, 0.1) is 24.5 Å². The van der Waals surface area contributed by atoms with Crippen molar-refractivity contribution in [3.8, 4) is 11.1 Å². The van der Waals surface area contributed by atoms with Crippen molar-refractivity contribution in [3.05, 3.63) is 59.8 Å². The molecular weight excluding hydrogens is 530 g/mol. The van der Waals surface area contributed by atoms with E-state index >= 15 is 4.39 Å². The molecule has 2 unspecified atom stereocenters. The summed E-state index contributed by atoms with van der Waals surface area (Å²) in [6, 6.07) is 4.64. The van der Waals surface area contributed by atoms with Gasteiger partial charge >= 0.3 is 6.09 Å². The zero-order valence-corrected chi connectivity index (χ0v) is 23.2. The van der Waals surface area contributed by atoms with Gasteiger partial charge < -0.3 is 19.9 Å². The van der Waals surface area contributed by atoms with Gasteiger partial charge in [-0.15, -0.1) is 0 Å². The molecule has 6 rings (SSSR count). The Balaban J connectivity index is 1.18. The third kappa shape index (κ3) is 5.19. The van der Waals surface area contributed by atoms with Gasteiger partial charge in [0.25, 0.3) is 0 Å². The number of benzene rings is 1. The molecule has 2 fully saturated rings. The summed E-state index contributed by atoms with van der Waals surface area (Å²) < 4.78 is 31.8. The highest BCUT2D eigenvalue weighted by atomic mass is 19.1. The van der Waals surface area contributed by atoms with Gasteiger partial charge in [-0.2, -0.15) is 0 Å². The number of hydrogen-bond donors (Lipinski definition) is 2. The molecule has 0 spiro atoms. The number of imidazole rings is 1. The lowest BCUT2D eigenvalue weighted by Gasteiger charge is -2.34. The highest BCUT2D eigenvalue weighted by molar-refractivity contribution is 5.84. The molecule has 2 aliphatic rings. The minimum atomic E-state index is -0.846. The molecule has 5 heterocycles. The zero-order chi connectivity index (χ0) is 28.8. The molecule has 0 saturated carbocycles. The van der Waals surface area contributed by atoms with Crippen LogP contribution in [0.4, 0.5) is 25.3 Å². The Hall–Kier alpha value is -4.19. The molecule has 2 aliphatic heterocycles. The van der Waals surface area contributed by atoms with Crippen molar-refractivity contribution in [2.75, 3.05) is 25.0 Å². The largest absolute Gasteiger partial charge is 0.465 e. The van der Waals surface area contributed by atoms with Gasteiger partial charge in [0.2, 0.25) is 5.95 Å². The predicted molar refractivity (Wildman–Crippen MR) is 150 cm³/mol. The van der Waals surface area contributed by atoms with E-state index in [2.05, 4.69) is 30.2 Å². The van der Waals surface area contributed by atoms with E-state index in [-0.39, 0.29) is 23.2 Å². The fourth-order valence-electron chi connectivity index (χ4n) is 6.31. The van der Waals surface area contributed by atoms with Gasteiger partial charge in [-0.3, -0.25) is 4.90 Å². The van der Waals surface area contributed by atoms with Crippen molar-refractivity contribution >= 4 is 28.9 Å². The molecule has 2 N–H and O–H groups in total. The molecule has 41 heavy (non-hydrogen) atoms. The van der Waals surface area contributed by atoms with Gasteiger partial charge in [-0.1, -0.05) is 0 Å². The number of nitrogens with one attached hydrogen (secondary N) is 1. The van der Waals surface area contributed by atoms with E-state index in [1.807, 2.05) is 25.3 Å². The Labute approximate surface area is 236 Å². The average Bonchev–Trinajstić information content (AvgIpc) is 3.50. The first-order valence-electron chi connectivity index (χ1n) is 13.8. The molecule has 4 aromatic rings. The second kappa shape index (κ2) is 10.7. The predicted octanol–water partition coefficient (Wildman–Crippen LogP) is 5.37. The number of halogens is 2. The second-order valence-corrected chi connectivity index (χ2v) is 11.2.